The SMILES string of the molecule is CCOC(=O)CNP(=O)(OCC(CC)OC)Oc1ccc(Cl)cc1.Cn1ccc(=O)[nH]c1=O. The van der Waals surface area contributed by atoms with Crippen molar-refractivity contribution in [3.05, 3.63) is 62.4 Å². The van der Waals surface area contributed by atoms with E-state index in [0.29, 0.717) is 17.2 Å². The van der Waals surface area contributed by atoms with Crippen LogP contribution < -0.4 is 20.9 Å². The molecule has 2 aromatic rings. The summed E-state index contributed by atoms with van der Waals surface area (Å²) < 4.78 is 35.0. The van der Waals surface area contributed by atoms with Crippen LogP contribution in [-0.2, 0) is 30.4 Å². The van der Waals surface area contributed by atoms with Crippen molar-refractivity contribution in [1.82, 2.24) is 14.6 Å². The normalized spacial score (nSPS) is 13.2. The summed E-state index contributed by atoms with van der Waals surface area (Å²) >= 11 is 5.81. The van der Waals surface area contributed by atoms with Crippen LogP contribution in [0.25, 0.3) is 0 Å². The summed E-state index contributed by atoms with van der Waals surface area (Å²) in [6.07, 6.45) is 1.85. The van der Waals surface area contributed by atoms with Gasteiger partial charge in [-0.2, -0.15) is 0 Å². The number of aryl methyl sites for hydroxylation is 1. The first-order chi connectivity index (χ1) is 15.6. The minimum absolute atomic E-state index is 0.0493. The molecule has 1 aromatic carbocycles. The highest BCUT2D eigenvalue weighted by molar-refractivity contribution is 7.52. The van der Waals surface area contributed by atoms with Gasteiger partial charge < -0.3 is 18.6 Å². The lowest BCUT2D eigenvalue weighted by atomic mass is 10.3. The fourth-order valence-electron chi connectivity index (χ4n) is 2.13. The van der Waals surface area contributed by atoms with Crippen molar-refractivity contribution in [3.8, 4) is 5.75 Å². The summed E-state index contributed by atoms with van der Waals surface area (Å²) in [5, 5.41) is 3.01. The number of carbonyl (C=O) groups excluding carboxylic acids is 1. The van der Waals surface area contributed by atoms with E-state index in [1.165, 1.54) is 23.9 Å². The Bertz CT molecular complexity index is 1020. The first-order valence-corrected chi connectivity index (χ1v) is 11.9. The van der Waals surface area contributed by atoms with E-state index in [1.807, 2.05) is 6.92 Å². The van der Waals surface area contributed by atoms with Crippen LogP contribution in [-0.4, -0.2) is 48.5 Å². The van der Waals surface area contributed by atoms with E-state index in [0.717, 1.165) is 0 Å². The molecule has 2 rings (SSSR count). The van der Waals surface area contributed by atoms with E-state index < -0.39 is 13.7 Å². The van der Waals surface area contributed by atoms with Crippen molar-refractivity contribution in [2.75, 3.05) is 26.9 Å². The van der Waals surface area contributed by atoms with Gasteiger partial charge in [0.15, 0.2) is 0 Å². The number of aromatic nitrogens is 2. The van der Waals surface area contributed by atoms with Crippen molar-refractivity contribution < 1.29 is 27.9 Å². The van der Waals surface area contributed by atoms with Crippen LogP contribution in [0.2, 0.25) is 5.02 Å². The molecule has 0 bridgehead atoms. The Morgan fingerprint density at radius 2 is 1.88 bits per heavy atom. The minimum Gasteiger partial charge on any atom is -0.465 e. The molecule has 2 atom stereocenters. The molecular weight excluding hydrogens is 477 g/mol. The monoisotopic (exact) mass is 505 g/mol. The summed E-state index contributed by atoms with van der Waals surface area (Å²) in [5.74, 6) is -0.260. The molecule has 13 heteroatoms. The van der Waals surface area contributed by atoms with Gasteiger partial charge in [-0.15, -0.1) is 0 Å². The number of carbonyl (C=O) groups is 1. The van der Waals surface area contributed by atoms with Crippen LogP contribution in [0.4, 0.5) is 0 Å². The third kappa shape index (κ3) is 11.3. The molecule has 0 saturated carbocycles. The molecule has 1 heterocycles. The summed E-state index contributed by atoms with van der Waals surface area (Å²) in [5.41, 5.74) is -0.749. The van der Waals surface area contributed by atoms with Crippen LogP contribution in [0.1, 0.15) is 20.3 Å². The molecule has 0 aliphatic rings. The van der Waals surface area contributed by atoms with Crippen molar-refractivity contribution in [2.45, 2.75) is 26.4 Å². The summed E-state index contributed by atoms with van der Waals surface area (Å²) in [7, 11) is -0.684. The number of H-pyrrole nitrogens is 1. The Labute approximate surface area is 196 Å². The maximum Gasteiger partial charge on any atom is 0.459 e. The highest BCUT2D eigenvalue weighted by atomic mass is 35.5. The third-order valence-electron chi connectivity index (χ3n) is 3.98. The number of halogens is 1. The van der Waals surface area contributed by atoms with Crippen LogP contribution in [0, 0.1) is 0 Å². The number of hydrogen-bond acceptors (Lipinski definition) is 8. The smallest absolute Gasteiger partial charge is 0.459 e. The van der Waals surface area contributed by atoms with E-state index in [2.05, 4.69) is 10.1 Å². The quantitative estimate of drug-likeness (QED) is 0.348. The Morgan fingerprint density at radius 3 is 2.39 bits per heavy atom. The standard InChI is InChI=1S/C15H23ClNO6P.C5H6N2O2/c1-4-13(20-3)11-22-24(19,17-10-15(18)21-5-2)23-14-8-6-12(16)7-9-14;1-7-3-2-4(8)6-5(7)9/h6-9,13H,4-5,10-11H2,1-3H3,(H,17,19);2-3H,1H3,(H,6,8,9). The molecule has 0 amide bonds. The molecular formula is C20H29ClN3O8P. The molecule has 0 aliphatic heterocycles. The van der Waals surface area contributed by atoms with E-state index in [-0.39, 0.29) is 37.1 Å². The maximum absolute atomic E-state index is 12.9. The average molecular weight is 506 g/mol. The molecule has 33 heavy (non-hydrogen) atoms. The van der Waals surface area contributed by atoms with E-state index >= 15 is 0 Å². The molecule has 0 aliphatic carbocycles. The number of methoxy groups -OCH3 is 1. The van der Waals surface area contributed by atoms with E-state index in [1.54, 1.807) is 38.2 Å². The number of nitrogens with one attached hydrogen (secondary N) is 2. The Hall–Kier alpha value is -2.43. The second-order valence-corrected chi connectivity index (χ2v) is 8.65. The van der Waals surface area contributed by atoms with Crippen molar-refractivity contribution in [2.24, 2.45) is 7.05 Å². The molecule has 11 nitrogen and oxygen atoms in total. The lowest BCUT2D eigenvalue weighted by Crippen LogP contribution is -2.27. The Kier molecular flexibility index (Phi) is 12.7. The molecule has 184 valence electrons. The molecule has 0 saturated heterocycles. The number of rotatable bonds is 11. The van der Waals surface area contributed by atoms with Crippen LogP contribution >= 0.6 is 19.3 Å². The van der Waals surface area contributed by atoms with Gasteiger partial charge in [0.05, 0.1) is 19.3 Å². The highest BCUT2D eigenvalue weighted by Crippen LogP contribution is 2.44. The summed E-state index contributed by atoms with van der Waals surface area (Å²) in [6, 6.07) is 7.59. The van der Waals surface area contributed by atoms with Gasteiger partial charge in [0, 0.05) is 31.4 Å². The number of aromatic amines is 1. The number of benzene rings is 1. The average Bonchev–Trinajstić information content (AvgIpc) is 2.78. The van der Waals surface area contributed by atoms with Gasteiger partial charge in [-0.25, -0.2) is 14.4 Å². The van der Waals surface area contributed by atoms with Crippen LogP contribution in [0.5, 0.6) is 5.75 Å². The van der Waals surface area contributed by atoms with E-state index in [4.69, 9.17) is 30.1 Å². The number of nitrogens with zero attached hydrogens (tertiary/aromatic N) is 1. The van der Waals surface area contributed by atoms with Gasteiger partial charge in [-0.1, -0.05) is 18.5 Å². The highest BCUT2D eigenvalue weighted by Gasteiger charge is 2.29. The lowest BCUT2D eigenvalue weighted by molar-refractivity contribution is -0.141. The zero-order chi connectivity index (χ0) is 24.9. The fraction of sp³-hybridized carbons (Fsp3) is 0.450. The molecule has 0 spiro atoms. The molecule has 0 fully saturated rings. The number of esters is 1. The number of hydrogen-bond donors (Lipinski definition) is 2. The van der Waals surface area contributed by atoms with Gasteiger partial charge in [0.2, 0.25) is 0 Å². The zero-order valence-electron chi connectivity index (χ0n) is 18.9. The Balaban J connectivity index is 0.000000502. The van der Waals surface area contributed by atoms with Gasteiger partial charge in [0.1, 0.15) is 12.3 Å². The van der Waals surface area contributed by atoms with Crippen molar-refractivity contribution in [3.63, 3.8) is 0 Å². The molecule has 0 radical (unpaired) electrons. The predicted molar refractivity (Wildman–Crippen MR) is 124 cm³/mol. The second-order valence-electron chi connectivity index (χ2n) is 6.47. The first kappa shape index (κ1) is 28.6. The summed E-state index contributed by atoms with van der Waals surface area (Å²) in [6.45, 7) is 3.57. The molecule has 1 aromatic heterocycles. The first-order valence-electron chi connectivity index (χ1n) is 10.0. The van der Waals surface area contributed by atoms with Gasteiger partial charge >= 0.3 is 19.4 Å². The van der Waals surface area contributed by atoms with E-state index in [9.17, 15) is 18.9 Å². The molecule has 2 N–H and O–H groups in total. The maximum atomic E-state index is 12.9. The second kappa shape index (κ2) is 14.7. The lowest BCUT2D eigenvalue weighted by Gasteiger charge is -2.22. The largest absolute Gasteiger partial charge is 0.465 e. The summed E-state index contributed by atoms with van der Waals surface area (Å²) in [4.78, 5) is 34.5. The zero-order valence-corrected chi connectivity index (χ0v) is 20.6. The van der Waals surface area contributed by atoms with Crippen LogP contribution in [0.3, 0.4) is 0 Å². The predicted octanol–water partition coefficient (Wildman–Crippen LogP) is 2.49. The van der Waals surface area contributed by atoms with Crippen molar-refractivity contribution in [1.29, 1.82) is 0 Å². The topological polar surface area (TPSA) is 138 Å². The van der Waals surface area contributed by atoms with Gasteiger partial charge in [-0.05, 0) is 37.6 Å². The third-order valence-corrected chi connectivity index (χ3v) is 5.72. The molecule has 2 unspecified atom stereocenters. The number of ether oxygens (including phenoxy) is 2. The van der Waals surface area contributed by atoms with Gasteiger partial charge in [0.25, 0.3) is 5.56 Å². The van der Waals surface area contributed by atoms with Crippen LogP contribution in [0.15, 0.2) is 46.1 Å². The minimum atomic E-state index is -3.79. The van der Waals surface area contributed by atoms with Gasteiger partial charge in [-0.3, -0.25) is 19.1 Å². The Morgan fingerprint density at radius 1 is 1.21 bits per heavy atom. The van der Waals surface area contributed by atoms with Crippen molar-refractivity contribution >= 4 is 25.3 Å². The fourth-order valence-corrected chi connectivity index (χ4v) is 3.55.